The number of amides is 3. The number of nitrogens with zero attached hydrogens (tertiary/aromatic N) is 3. The fourth-order valence-electron chi connectivity index (χ4n) is 3.49. The predicted molar refractivity (Wildman–Crippen MR) is 98.3 cm³/mol. The quantitative estimate of drug-likeness (QED) is 0.804. The van der Waals surface area contributed by atoms with E-state index in [4.69, 9.17) is 9.47 Å². The number of phenols is 1. The summed E-state index contributed by atoms with van der Waals surface area (Å²) in [4.78, 5) is 28.8. The maximum atomic E-state index is 13.4. The number of fused-ring (bicyclic) bond motifs is 1. The van der Waals surface area contributed by atoms with Crippen molar-refractivity contribution >= 4 is 17.6 Å². The number of carbonyl (C=O) groups excluding carboxylic acids is 2. The van der Waals surface area contributed by atoms with E-state index in [1.54, 1.807) is 26.1 Å². The van der Waals surface area contributed by atoms with Gasteiger partial charge in [0.2, 0.25) is 0 Å². The van der Waals surface area contributed by atoms with Crippen molar-refractivity contribution in [3.63, 3.8) is 0 Å². The molecule has 1 atom stereocenters. The molecule has 8 nitrogen and oxygen atoms in total. The Balaban J connectivity index is 1.84. The molecule has 28 heavy (non-hydrogen) atoms. The Bertz CT molecular complexity index is 1030. The third-order valence-corrected chi connectivity index (χ3v) is 5.23. The second-order valence-electron chi connectivity index (χ2n) is 6.70. The summed E-state index contributed by atoms with van der Waals surface area (Å²) in [7, 11) is 1.54. The van der Waals surface area contributed by atoms with Crippen LogP contribution in [0.3, 0.4) is 0 Å². The van der Waals surface area contributed by atoms with E-state index in [0.717, 1.165) is 4.90 Å². The Hall–Kier alpha value is -3.73. The molecule has 2 aromatic carbocycles. The number of anilines is 1. The molecule has 0 aromatic heterocycles. The molecule has 1 N–H and O–H groups in total. The molecule has 8 heteroatoms. The van der Waals surface area contributed by atoms with E-state index < -0.39 is 17.5 Å². The normalized spacial score (nSPS) is 21.0. The summed E-state index contributed by atoms with van der Waals surface area (Å²) < 4.78 is 11.2. The van der Waals surface area contributed by atoms with Crippen LogP contribution in [-0.2, 0) is 10.3 Å². The lowest BCUT2D eigenvalue weighted by Crippen LogP contribution is -2.42. The summed E-state index contributed by atoms with van der Waals surface area (Å²) in [5.74, 6) is 0.0326. The van der Waals surface area contributed by atoms with Crippen molar-refractivity contribution in [1.82, 2.24) is 4.90 Å². The fraction of sp³-hybridized carbons (Fsp3) is 0.250. The monoisotopic (exact) mass is 379 g/mol. The van der Waals surface area contributed by atoms with Gasteiger partial charge in [0.15, 0.2) is 11.5 Å². The number of hydrogen-bond donors (Lipinski definition) is 1. The molecule has 0 radical (unpaired) electrons. The average molecular weight is 379 g/mol. The molecule has 2 aromatic rings. The SMILES string of the molecule is CN1C(=O)N(c2ccc(C#N)c3c2OCCO3)C(=O)C1(C)c1ccc(O)cc1. The minimum Gasteiger partial charge on any atom is -0.508 e. The van der Waals surface area contributed by atoms with Crippen LogP contribution < -0.4 is 14.4 Å². The first-order valence-electron chi connectivity index (χ1n) is 8.64. The molecule has 0 bridgehead atoms. The maximum Gasteiger partial charge on any atom is 0.332 e. The van der Waals surface area contributed by atoms with Gasteiger partial charge in [-0.05, 0) is 36.8 Å². The smallest absolute Gasteiger partial charge is 0.332 e. The van der Waals surface area contributed by atoms with Crippen LogP contribution in [0.2, 0.25) is 0 Å². The Morgan fingerprint density at radius 2 is 1.71 bits per heavy atom. The molecular weight excluding hydrogens is 362 g/mol. The Labute approximate surface area is 161 Å². The number of imide groups is 1. The molecule has 0 aliphatic carbocycles. The highest BCUT2D eigenvalue weighted by molar-refractivity contribution is 6.24. The van der Waals surface area contributed by atoms with Gasteiger partial charge in [-0.3, -0.25) is 4.79 Å². The molecule has 1 unspecified atom stereocenters. The minimum atomic E-state index is -1.26. The van der Waals surface area contributed by atoms with Gasteiger partial charge in [0.1, 0.15) is 30.6 Å². The first-order chi connectivity index (χ1) is 13.4. The van der Waals surface area contributed by atoms with Gasteiger partial charge >= 0.3 is 6.03 Å². The molecule has 2 heterocycles. The lowest BCUT2D eigenvalue weighted by atomic mass is 9.90. The van der Waals surface area contributed by atoms with Crippen molar-refractivity contribution in [3.8, 4) is 23.3 Å². The maximum absolute atomic E-state index is 13.4. The van der Waals surface area contributed by atoms with Gasteiger partial charge in [-0.1, -0.05) is 12.1 Å². The van der Waals surface area contributed by atoms with Gasteiger partial charge in [0, 0.05) is 7.05 Å². The molecule has 2 aliphatic heterocycles. The van der Waals surface area contributed by atoms with E-state index in [-0.39, 0.29) is 41.7 Å². The predicted octanol–water partition coefficient (Wildman–Crippen LogP) is 2.35. The summed E-state index contributed by atoms with van der Waals surface area (Å²) in [6.07, 6.45) is 0. The third-order valence-electron chi connectivity index (χ3n) is 5.23. The van der Waals surface area contributed by atoms with Crippen LogP contribution in [0.15, 0.2) is 36.4 Å². The lowest BCUT2D eigenvalue weighted by Gasteiger charge is -2.29. The number of rotatable bonds is 2. The Morgan fingerprint density at radius 3 is 2.36 bits per heavy atom. The van der Waals surface area contributed by atoms with Crippen LogP contribution in [0.25, 0.3) is 0 Å². The molecule has 4 rings (SSSR count). The second kappa shape index (κ2) is 6.16. The van der Waals surface area contributed by atoms with E-state index in [0.29, 0.717) is 5.56 Å². The van der Waals surface area contributed by atoms with Gasteiger partial charge in [-0.25, -0.2) is 9.69 Å². The average Bonchev–Trinajstić information content (AvgIpc) is 2.89. The summed E-state index contributed by atoms with van der Waals surface area (Å²) >= 11 is 0. The number of hydrogen-bond acceptors (Lipinski definition) is 6. The van der Waals surface area contributed by atoms with Crippen molar-refractivity contribution in [1.29, 1.82) is 5.26 Å². The van der Waals surface area contributed by atoms with Crippen LogP contribution in [0.4, 0.5) is 10.5 Å². The number of nitriles is 1. The molecule has 3 amide bonds. The first kappa shape index (κ1) is 17.7. The third kappa shape index (κ3) is 2.29. The van der Waals surface area contributed by atoms with E-state index in [1.807, 2.05) is 6.07 Å². The molecule has 2 aliphatic rings. The summed E-state index contributed by atoms with van der Waals surface area (Å²) in [5, 5.41) is 18.8. The number of likely N-dealkylation sites (N-methyl/N-ethyl adjacent to an activating group) is 1. The minimum absolute atomic E-state index is 0.0651. The molecule has 142 valence electrons. The molecule has 1 fully saturated rings. The highest BCUT2D eigenvalue weighted by Gasteiger charge is 2.55. The van der Waals surface area contributed by atoms with E-state index >= 15 is 0 Å². The number of phenolic OH excluding ortho intramolecular Hbond substituents is 1. The van der Waals surface area contributed by atoms with E-state index in [2.05, 4.69) is 0 Å². The van der Waals surface area contributed by atoms with Crippen LogP contribution in [-0.4, -0.2) is 42.2 Å². The van der Waals surface area contributed by atoms with Gasteiger partial charge < -0.3 is 19.5 Å². The number of aromatic hydroxyl groups is 1. The molecular formula is C20H17N3O5. The highest BCUT2D eigenvalue weighted by Crippen LogP contribution is 2.46. The zero-order valence-corrected chi connectivity index (χ0v) is 15.3. The van der Waals surface area contributed by atoms with Crippen LogP contribution in [0.1, 0.15) is 18.1 Å². The lowest BCUT2D eigenvalue weighted by molar-refractivity contribution is -0.124. The summed E-state index contributed by atoms with van der Waals surface area (Å²) in [6.45, 7) is 2.17. The Kier molecular flexibility index (Phi) is 3.89. The summed E-state index contributed by atoms with van der Waals surface area (Å²) in [5.41, 5.74) is -0.195. The molecule has 0 saturated carbocycles. The largest absolute Gasteiger partial charge is 0.508 e. The standard InChI is InChI=1S/C20H17N3O5/c1-20(13-4-6-14(24)7-5-13)18(25)23(19(26)22(20)2)15-8-3-12(11-21)16-17(15)28-10-9-27-16/h3-8,24H,9-10H2,1-2H3. The molecule has 0 spiro atoms. The first-order valence-corrected chi connectivity index (χ1v) is 8.64. The second-order valence-corrected chi connectivity index (χ2v) is 6.70. The van der Waals surface area contributed by atoms with Crippen molar-refractivity contribution in [3.05, 3.63) is 47.5 Å². The van der Waals surface area contributed by atoms with Crippen molar-refractivity contribution < 1.29 is 24.2 Å². The van der Waals surface area contributed by atoms with E-state index in [1.165, 1.54) is 29.2 Å². The summed E-state index contributed by atoms with van der Waals surface area (Å²) in [6, 6.07) is 10.7. The number of ether oxygens (including phenoxy) is 2. The van der Waals surface area contributed by atoms with Gasteiger partial charge in [0.25, 0.3) is 5.91 Å². The van der Waals surface area contributed by atoms with Crippen LogP contribution in [0.5, 0.6) is 17.2 Å². The highest BCUT2D eigenvalue weighted by atomic mass is 16.6. The van der Waals surface area contributed by atoms with Crippen LogP contribution >= 0.6 is 0 Å². The number of urea groups is 1. The van der Waals surface area contributed by atoms with Crippen molar-refractivity contribution in [2.75, 3.05) is 25.2 Å². The number of carbonyl (C=O) groups is 2. The van der Waals surface area contributed by atoms with E-state index in [9.17, 15) is 20.0 Å². The van der Waals surface area contributed by atoms with Gasteiger partial charge in [-0.15, -0.1) is 0 Å². The Morgan fingerprint density at radius 1 is 1.07 bits per heavy atom. The molecule has 1 saturated heterocycles. The zero-order valence-electron chi connectivity index (χ0n) is 15.3. The van der Waals surface area contributed by atoms with Gasteiger partial charge in [-0.2, -0.15) is 5.26 Å². The number of benzene rings is 2. The fourth-order valence-corrected chi connectivity index (χ4v) is 3.49. The van der Waals surface area contributed by atoms with Crippen molar-refractivity contribution in [2.24, 2.45) is 0 Å². The van der Waals surface area contributed by atoms with Gasteiger partial charge in [0.05, 0.1) is 11.3 Å². The zero-order chi connectivity index (χ0) is 20.1. The van der Waals surface area contributed by atoms with Crippen LogP contribution in [0, 0.1) is 11.3 Å². The topological polar surface area (TPSA) is 103 Å². The van der Waals surface area contributed by atoms with Crippen molar-refractivity contribution in [2.45, 2.75) is 12.5 Å².